The number of hydrogen-bond donors (Lipinski definition) is 1. The van der Waals surface area contributed by atoms with Gasteiger partial charge >= 0.3 is 0 Å². The quantitative estimate of drug-likeness (QED) is 0.450. The number of rotatable bonds is 2. The van der Waals surface area contributed by atoms with E-state index in [-0.39, 0.29) is 10.1 Å². The maximum Gasteiger partial charge on any atom is 0.296 e. The summed E-state index contributed by atoms with van der Waals surface area (Å²) in [5.41, 5.74) is 0.211. The number of amides is 1. The number of carbonyl (C=O) groups is 1. The molecule has 0 fully saturated rings. The normalized spacial score (nSPS) is 9.46. The molecule has 0 aliphatic rings. The standard InChI is InChI=1S/C8H8ClNO3/c1-13-7-5-3-2-4-6(7)8(11)10(9)12/h2-5,12H,1H3. The second-order valence-corrected chi connectivity index (χ2v) is 2.59. The van der Waals surface area contributed by atoms with Crippen LogP contribution in [-0.4, -0.2) is 22.8 Å². The van der Waals surface area contributed by atoms with Crippen molar-refractivity contribution in [3.8, 4) is 5.75 Å². The van der Waals surface area contributed by atoms with Gasteiger partial charge in [-0.05, 0) is 12.1 Å². The highest BCUT2D eigenvalue weighted by molar-refractivity contribution is 6.23. The molecule has 0 heterocycles. The number of halogens is 1. The van der Waals surface area contributed by atoms with E-state index in [0.717, 1.165) is 0 Å². The summed E-state index contributed by atoms with van der Waals surface area (Å²) >= 11 is 5.08. The van der Waals surface area contributed by atoms with Crippen molar-refractivity contribution < 1.29 is 14.7 Å². The summed E-state index contributed by atoms with van der Waals surface area (Å²) in [6.07, 6.45) is 0. The van der Waals surface area contributed by atoms with Crippen molar-refractivity contribution in [3.05, 3.63) is 29.8 Å². The van der Waals surface area contributed by atoms with Gasteiger partial charge in [0.1, 0.15) is 5.75 Å². The van der Waals surface area contributed by atoms with Gasteiger partial charge in [0.15, 0.2) is 0 Å². The van der Waals surface area contributed by atoms with Crippen LogP contribution in [0.25, 0.3) is 0 Å². The molecule has 0 aliphatic carbocycles. The molecule has 1 amide bonds. The van der Waals surface area contributed by atoms with Gasteiger partial charge in [0.25, 0.3) is 5.91 Å². The Balaban J connectivity index is 3.06. The van der Waals surface area contributed by atoms with Crippen molar-refractivity contribution in [2.45, 2.75) is 0 Å². The van der Waals surface area contributed by atoms with Crippen LogP contribution in [0.2, 0.25) is 0 Å². The van der Waals surface area contributed by atoms with Crippen molar-refractivity contribution in [3.63, 3.8) is 0 Å². The van der Waals surface area contributed by atoms with E-state index in [2.05, 4.69) is 0 Å². The zero-order chi connectivity index (χ0) is 9.84. The molecule has 70 valence electrons. The fourth-order valence-corrected chi connectivity index (χ4v) is 1.01. The number of methoxy groups -OCH3 is 1. The third-order valence-electron chi connectivity index (χ3n) is 1.50. The van der Waals surface area contributed by atoms with Crippen LogP contribution in [0.4, 0.5) is 0 Å². The van der Waals surface area contributed by atoms with E-state index in [1.54, 1.807) is 18.2 Å². The Morgan fingerprint density at radius 2 is 2.15 bits per heavy atom. The van der Waals surface area contributed by atoms with Crippen LogP contribution in [-0.2, 0) is 0 Å². The van der Waals surface area contributed by atoms with E-state index in [9.17, 15) is 4.79 Å². The Labute approximate surface area is 80.4 Å². The lowest BCUT2D eigenvalue weighted by Gasteiger charge is -2.08. The first-order valence-corrected chi connectivity index (χ1v) is 3.82. The molecular formula is C8H8ClNO3. The summed E-state index contributed by atoms with van der Waals surface area (Å²) in [6.45, 7) is 0. The number of benzene rings is 1. The minimum Gasteiger partial charge on any atom is -0.496 e. The van der Waals surface area contributed by atoms with Crippen LogP contribution in [0, 0.1) is 0 Å². The van der Waals surface area contributed by atoms with Gasteiger partial charge in [-0.2, -0.15) is 0 Å². The van der Waals surface area contributed by atoms with Crippen molar-refractivity contribution in [1.82, 2.24) is 4.58 Å². The van der Waals surface area contributed by atoms with Crippen LogP contribution in [0.15, 0.2) is 24.3 Å². The minimum absolute atomic E-state index is 0.00213. The third-order valence-corrected chi connectivity index (χ3v) is 1.66. The first-order valence-electron chi connectivity index (χ1n) is 3.49. The van der Waals surface area contributed by atoms with Crippen molar-refractivity contribution in [2.75, 3.05) is 7.11 Å². The summed E-state index contributed by atoms with van der Waals surface area (Å²) < 4.78 is 4.90. The van der Waals surface area contributed by atoms with Gasteiger partial charge < -0.3 is 4.74 Å². The van der Waals surface area contributed by atoms with Gasteiger partial charge in [-0.1, -0.05) is 12.1 Å². The fraction of sp³-hybridized carbons (Fsp3) is 0.125. The Morgan fingerprint density at radius 3 is 2.69 bits per heavy atom. The molecule has 0 spiro atoms. The lowest BCUT2D eigenvalue weighted by atomic mass is 10.2. The van der Waals surface area contributed by atoms with Crippen LogP contribution in [0.1, 0.15) is 10.4 Å². The van der Waals surface area contributed by atoms with Crippen molar-refractivity contribution in [1.29, 1.82) is 0 Å². The van der Waals surface area contributed by atoms with E-state index >= 15 is 0 Å². The van der Waals surface area contributed by atoms with E-state index in [0.29, 0.717) is 5.75 Å². The Hall–Kier alpha value is -1.26. The largest absolute Gasteiger partial charge is 0.496 e. The average molecular weight is 202 g/mol. The molecule has 1 aromatic rings. The van der Waals surface area contributed by atoms with Crippen LogP contribution < -0.4 is 4.74 Å². The molecule has 13 heavy (non-hydrogen) atoms. The van der Waals surface area contributed by atoms with Crippen LogP contribution >= 0.6 is 11.8 Å². The number of nitrogens with zero attached hydrogens (tertiary/aromatic N) is 1. The molecule has 0 atom stereocenters. The Kier molecular flexibility index (Phi) is 3.11. The molecule has 1 aromatic carbocycles. The smallest absolute Gasteiger partial charge is 0.296 e. The summed E-state index contributed by atoms with van der Waals surface area (Å²) in [5, 5.41) is 8.69. The number of hydrogen-bond acceptors (Lipinski definition) is 3. The molecule has 0 radical (unpaired) electrons. The maximum absolute atomic E-state index is 11.2. The van der Waals surface area contributed by atoms with Gasteiger partial charge in [0, 0.05) is 11.8 Å². The molecule has 0 saturated carbocycles. The minimum atomic E-state index is -0.723. The molecule has 0 saturated heterocycles. The molecular weight excluding hydrogens is 194 g/mol. The number of carbonyl (C=O) groups excluding carboxylic acids is 1. The molecule has 5 heteroatoms. The summed E-state index contributed by atoms with van der Waals surface area (Å²) in [7, 11) is 1.43. The van der Waals surface area contributed by atoms with Gasteiger partial charge in [-0.15, -0.1) is 4.58 Å². The summed E-state index contributed by atoms with van der Waals surface area (Å²) in [5.74, 6) is -0.355. The summed E-state index contributed by atoms with van der Waals surface area (Å²) in [6, 6.07) is 6.47. The zero-order valence-electron chi connectivity index (χ0n) is 6.90. The highest BCUT2D eigenvalue weighted by Gasteiger charge is 2.15. The first-order chi connectivity index (χ1) is 6.16. The van der Waals surface area contributed by atoms with E-state index in [1.807, 2.05) is 0 Å². The molecule has 0 aromatic heterocycles. The second kappa shape index (κ2) is 4.11. The SMILES string of the molecule is COc1ccccc1C(=O)N(O)Cl. The van der Waals surface area contributed by atoms with Crippen molar-refractivity contribution in [2.24, 2.45) is 0 Å². The number of hydroxylamine groups is 1. The first kappa shape index (κ1) is 9.83. The monoisotopic (exact) mass is 201 g/mol. The highest BCUT2D eigenvalue weighted by Crippen LogP contribution is 2.18. The topological polar surface area (TPSA) is 49.8 Å². The van der Waals surface area contributed by atoms with E-state index in [4.69, 9.17) is 21.7 Å². The van der Waals surface area contributed by atoms with Gasteiger partial charge in [-0.25, -0.2) is 0 Å². The fourth-order valence-electron chi connectivity index (χ4n) is 0.921. The van der Waals surface area contributed by atoms with Gasteiger partial charge in [0.2, 0.25) is 0 Å². The molecule has 1 N–H and O–H groups in total. The predicted octanol–water partition coefficient (Wildman–Crippen LogP) is 1.68. The Bertz CT molecular complexity index is 314. The average Bonchev–Trinajstić information content (AvgIpc) is 2.16. The molecule has 0 bridgehead atoms. The van der Waals surface area contributed by atoms with Gasteiger partial charge in [-0.3, -0.25) is 10.0 Å². The maximum atomic E-state index is 11.2. The summed E-state index contributed by atoms with van der Waals surface area (Å²) in [4.78, 5) is 11.2. The van der Waals surface area contributed by atoms with E-state index in [1.165, 1.54) is 13.2 Å². The zero-order valence-corrected chi connectivity index (χ0v) is 7.65. The third kappa shape index (κ3) is 2.11. The van der Waals surface area contributed by atoms with Crippen LogP contribution in [0.5, 0.6) is 5.75 Å². The highest BCUT2D eigenvalue weighted by atomic mass is 35.5. The van der Waals surface area contributed by atoms with Gasteiger partial charge in [0.05, 0.1) is 12.7 Å². The molecule has 1 rings (SSSR count). The molecule has 0 unspecified atom stereocenters. The molecule has 4 nitrogen and oxygen atoms in total. The lowest BCUT2D eigenvalue weighted by Crippen LogP contribution is -2.17. The van der Waals surface area contributed by atoms with E-state index < -0.39 is 5.91 Å². The van der Waals surface area contributed by atoms with Crippen molar-refractivity contribution >= 4 is 17.7 Å². The predicted molar refractivity (Wildman–Crippen MR) is 46.8 cm³/mol. The lowest BCUT2D eigenvalue weighted by molar-refractivity contribution is 0.00898. The number of ether oxygens (including phenoxy) is 1. The second-order valence-electron chi connectivity index (χ2n) is 2.27. The number of para-hydroxylation sites is 1. The Morgan fingerprint density at radius 1 is 1.54 bits per heavy atom. The van der Waals surface area contributed by atoms with Crippen LogP contribution in [0.3, 0.4) is 0 Å². The molecule has 0 aliphatic heterocycles.